The van der Waals surface area contributed by atoms with Crippen molar-refractivity contribution < 1.29 is 30.2 Å². The first-order valence-corrected chi connectivity index (χ1v) is 15.7. The Labute approximate surface area is 294 Å². The zero-order valence-electron chi connectivity index (χ0n) is 26.9. The third-order valence-corrected chi connectivity index (χ3v) is 8.61. The molecule has 0 saturated heterocycles. The number of benzene rings is 5. The Hall–Kier alpha value is -4.93. The smallest absolute Gasteiger partial charge is 0.144 e. The van der Waals surface area contributed by atoms with Crippen LogP contribution in [0.25, 0.3) is 27.6 Å². The second-order valence-electron chi connectivity index (χ2n) is 12.9. The minimum Gasteiger partial charge on any atom is -0.509 e. The van der Waals surface area contributed by atoms with Gasteiger partial charge in [0, 0.05) is 61.3 Å². The van der Waals surface area contributed by atoms with E-state index in [1.807, 2.05) is 77.3 Å². The average molecular weight is 811 g/mol. The van der Waals surface area contributed by atoms with Crippen molar-refractivity contribution in [3.05, 3.63) is 151 Å². The Bertz CT molecular complexity index is 2310. The van der Waals surface area contributed by atoms with Crippen LogP contribution in [0.3, 0.4) is 0 Å². The molecule has 7 aromatic rings. The molecule has 5 aromatic carbocycles. The van der Waals surface area contributed by atoms with Crippen molar-refractivity contribution in [2.75, 3.05) is 9.80 Å². The summed E-state index contributed by atoms with van der Waals surface area (Å²) in [6, 6.07) is 42.5. The molecule has 242 valence electrons. The van der Waals surface area contributed by atoms with Crippen molar-refractivity contribution in [3.63, 3.8) is 0 Å². The van der Waals surface area contributed by atoms with Gasteiger partial charge in [0.05, 0.1) is 0 Å². The summed E-state index contributed by atoms with van der Waals surface area (Å²) >= 11 is 0. The number of fused-ring (bicyclic) bond motifs is 4. The van der Waals surface area contributed by atoms with Crippen LogP contribution in [-0.2, 0) is 26.5 Å². The molecule has 0 bridgehead atoms. The Morgan fingerprint density at radius 1 is 0.729 bits per heavy atom. The van der Waals surface area contributed by atoms with Gasteiger partial charge < -0.3 is 19.1 Å². The van der Waals surface area contributed by atoms with E-state index in [4.69, 9.17) is 9.72 Å². The molecule has 5 nitrogen and oxygen atoms in total. The molecule has 0 radical (unpaired) electrons. The number of nitrogens with zero attached hydrogens (tertiary/aromatic N) is 4. The molecular formula is C41H32FN4OPt-3. The average Bonchev–Trinajstić information content (AvgIpc) is 3.60. The van der Waals surface area contributed by atoms with Gasteiger partial charge >= 0.3 is 0 Å². The number of para-hydroxylation sites is 4. The molecule has 7 heteroatoms. The summed E-state index contributed by atoms with van der Waals surface area (Å²) in [6.45, 7) is 10.5. The molecule has 2 aromatic heterocycles. The normalized spacial score (nSPS) is 12.8. The van der Waals surface area contributed by atoms with E-state index in [1.54, 1.807) is 12.1 Å². The molecule has 0 aliphatic carbocycles. The number of hydrogen-bond donors (Lipinski definition) is 0. The summed E-state index contributed by atoms with van der Waals surface area (Å²) in [5.74, 6) is 1.67. The number of anilines is 4. The molecular weight excluding hydrogens is 779 g/mol. The molecule has 1 aliphatic rings. The van der Waals surface area contributed by atoms with Gasteiger partial charge in [-0.25, -0.2) is 9.37 Å². The molecule has 0 atom stereocenters. The van der Waals surface area contributed by atoms with Gasteiger partial charge in [-0.2, -0.15) is 6.07 Å². The minimum atomic E-state index is -0.291. The van der Waals surface area contributed by atoms with E-state index in [2.05, 4.69) is 80.8 Å². The predicted octanol–water partition coefficient (Wildman–Crippen LogP) is 10.7. The molecule has 1 aliphatic heterocycles. The second kappa shape index (κ2) is 12.3. The predicted molar refractivity (Wildman–Crippen MR) is 188 cm³/mol. The number of aromatic nitrogens is 2. The van der Waals surface area contributed by atoms with Crippen LogP contribution in [0.2, 0.25) is 0 Å². The fourth-order valence-corrected chi connectivity index (χ4v) is 6.22. The van der Waals surface area contributed by atoms with Crippen molar-refractivity contribution in [2.45, 2.75) is 33.1 Å². The van der Waals surface area contributed by atoms with Gasteiger partial charge in [-0.1, -0.05) is 68.8 Å². The Kier molecular flexibility index (Phi) is 8.09. The van der Waals surface area contributed by atoms with Gasteiger partial charge in [-0.3, -0.25) is 0 Å². The molecule has 0 saturated carbocycles. The van der Waals surface area contributed by atoms with Crippen LogP contribution in [0, 0.1) is 31.5 Å². The fourth-order valence-electron chi connectivity index (χ4n) is 6.22. The maximum Gasteiger partial charge on any atom is 0.144 e. The number of halogens is 1. The number of hydrogen-bond acceptors (Lipinski definition) is 4. The Balaban J connectivity index is 0.00000364. The topological polar surface area (TPSA) is 33.5 Å². The maximum absolute atomic E-state index is 15.0. The third kappa shape index (κ3) is 5.54. The minimum absolute atomic E-state index is 0. The van der Waals surface area contributed by atoms with Gasteiger partial charge in [0.2, 0.25) is 0 Å². The summed E-state index contributed by atoms with van der Waals surface area (Å²) in [4.78, 5) is 8.62. The Morgan fingerprint density at radius 3 is 2.19 bits per heavy atom. The van der Waals surface area contributed by atoms with Gasteiger partial charge in [-0.05, 0) is 65.8 Å². The quantitative estimate of drug-likeness (QED) is 0.162. The Morgan fingerprint density at radius 2 is 1.44 bits per heavy atom. The third-order valence-electron chi connectivity index (χ3n) is 8.61. The van der Waals surface area contributed by atoms with Crippen LogP contribution in [-0.4, -0.2) is 9.55 Å². The largest absolute Gasteiger partial charge is 0.509 e. The van der Waals surface area contributed by atoms with E-state index in [1.165, 1.54) is 6.07 Å². The fraction of sp³-hybridized carbons (Fsp3) is 0.122. The molecule has 8 rings (SSSR count). The first-order valence-electron chi connectivity index (χ1n) is 15.7. The van der Waals surface area contributed by atoms with Crippen LogP contribution in [0.1, 0.15) is 31.9 Å². The zero-order valence-corrected chi connectivity index (χ0v) is 29.2. The van der Waals surface area contributed by atoms with Crippen molar-refractivity contribution in [2.24, 2.45) is 0 Å². The number of rotatable bonds is 5. The van der Waals surface area contributed by atoms with Crippen molar-refractivity contribution in [1.29, 1.82) is 0 Å². The van der Waals surface area contributed by atoms with E-state index in [-0.39, 0.29) is 32.3 Å². The van der Waals surface area contributed by atoms with E-state index < -0.39 is 0 Å². The van der Waals surface area contributed by atoms with Crippen LogP contribution in [0.15, 0.2) is 115 Å². The molecule has 48 heavy (non-hydrogen) atoms. The summed E-state index contributed by atoms with van der Waals surface area (Å²) in [5.41, 5.74) is 7.04. The number of pyridine rings is 1. The van der Waals surface area contributed by atoms with Crippen molar-refractivity contribution >= 4 is 44.6 Å². The first kappa shape index (κ1) is 31.7. The summed E-state index contributed by atoms with van der Waals surface area (Å²) in [6.07, 6.45) is 1.83. The standard InChI is InChI=1S/C41H32FN4O.Pt/c1-27-19-20-43-40(21-27)46-35-13-7-5-11-32(35)33-18-17-30(25-39(33)46)47-31-23-28(41(2,3)4)22-29(24-31)44-26-45(36-14-8-6-12-34(36)42)38-16-10-9-15-37(38)44;/h5-23,26H,1-4H3;/q-3;. The van der Waals surface area contributed by atoms with Gasteiger partial charge in [-0.15, -0.1) is 53.6 Å². The van der Waals surface area contributed by atoms with Crippen molar-refractivity contribution in [3.8, 4) is 17.3 Å². The monoisotopic (exact) mass is 810 g/mol. The van der Waals surface area contributed by atoms with E-state index >= 15 is 4.39 Å². The molecule has 0 N–H and O–H groups in total. The number of ether oxygens (including phenoxy) is 1. The van der Waals surface area contributed by atoms with Crippen LogP contribution < -0.4 is 14.5 Å². The summed E-state index contributed by atoms with van der Waals surface area (Å²) in [7, 11) is 0. The van der Waals surface area contributed by atoms with E-state index in [0.717, 1.165) is 55.8 Å². The molecule has 0 amide bonds. The van der Waals surface area contributed by atoms with Gasteiger partial charge in [0.15, 0.2) is 0 Å². The van der Waals surface area contributed by atoms with E-state index in [0.29, 0.717) is 17.2 Å². The molecule has 3 heterocycles. The van der Waals surface area contributed by atoms with Gasteiger partial charge in [0.25, 0.3) is 0 Å². The molecule has 0 unspecified atom stereocenters. The van der Waals surface area contributed by atoms with Crippen LogP contribution in [0.5, 0.6) is 11.5 Å². The first-order chi connectivity index (χ1) is 22.7. The second-order valence-corrected chi connectivity index (χ2v) is 12.9. The zero-order chi connectivity index (χ0) is 32.3. The summed E-state index contributed by atoms with van der Waals surface area (Å²) < 4.78 is 23.7. The van der Waals surface area contributed by atoms with Crippen LogP contribution in [0.4, 0.5) is 27.1 Å². The van der Waals surface area contributed by atoms with E-state index in [9.17, 15) is 0 Å². The van der Waals surface area contributed by atoms with Crippen molar-refractivity contribution in [1.82, 2.24) is 9.55 Å². The maximum atomic E-state index is 15.0. The SMILES string of the molecule is Cc1ccnc(-n2c3[c-]c(Oc4[c-]c(N5[CH-]N(c6ccccc6F)c6ccccc65)cc(C(C)(C)C)c4)ccc3c3ccccc32)c1.[Pt]. The molecule has 0 fully saturated rings. The van der Waals surface area contributed by atoms with Gasteiger partial charge in [0.1, 0.15) is 11.6 Å². The molecule has 0 spiro atoms. The summed E-state index contributed by atoms with van der Waals surface area (Å²) in [5, 5.41) is 2.20. The number of aryl methyl sites for hydroxylation is 1. The van der Waals surface area contributed by atoms with Crippen LogP contribution >= 0.6 is 0 Å².